The van der Waals surface area contributed by atoms with Gasteiger partial charge in [-0.15, -0.1) is 11.3 Å². The molecule has 142 valence electrons. The number of aryl methyl sites for hydroxylation is 1. The smallest absolute Gasteiger partial charge is 0.275 e. The highest BCUT2D eigenvalue weighted by atomic mass is 32.1. The molecule has 1 atom stereocenters. The maximum absolute atomic E-state index is 12.3. The zero-order valence-corrected chi connectivity index (χ0v) is 16.8. The minimum Gasteiger partial charge on any atom is -0.493 e. The molecule has 0 saturated carbocycles. The summed E-state index contributed by atoms with van der Waals surface area (Å²) in [6.07, 6.45) is 0. The molecule has 0 spiro atoms. The van der Waals surface area contributed by atoms with Crippen LogP contribution in [0.2, 0.25) is 0 Å². The van der Waals surface area contributed by atoms with E-state index in [0.717, 1.165) is 17.0 Å². The van der Waals surface area contributed by atoms with Gasteiger partial charge in [0.2, 0.25) is 5.75 Å². The Balaban J connectivity index is 1.93. The van der Waals surface area contributed by atoms with Crippen molar-refractivity contribution < 1.29 is 23.9 Å². The minimum absolute atomic E-state index is 0.00506. The van der Waals surface area contributed by atoms with Crippen molar-refractivity contribution in [1.29, 1.82) is 0 Å². The van der Waals surface area contributed by atoms with Crippen LogP contribution in [0.5, 0.6) is 17.2 Å². The van der Waals surface area contributed by atoms with Gasteiger partial charge < -0.3 is 24.4 Å². The fourth-order valence-electron chi connectivity index (χ4n) is 2.70. The summed E-state index contributed by atoms with van der Waals surface area (Å²) in [6.45, 7) is 3.77. The van der Waals surface area contributed by atoms with E-state index in [1.54, 1.807) is 32.7 Å². The normalized spacial score (nSPS) is 11.7. The summed E-state index contributed by atoms with van der Waals surface area (Å²) in [4.78, 5) is 14.7. The lowest BCUT2D eigenvalue weighted by molar-refractivity contribution is -0.885. The van der Waals surface area contributed by atoms with E-state index in [4.69, 9.17) is 14.2 Å². The first-order chi connectivity index (χ1) is 12.5. The fraction of sp³-hybridized carbons (Fsp3) is 0.421. The number of carbonyl (C=O) groups is 1. The molecular weight excluding hydrogens is 352 g/mol. The Morgan fingerprint density at radius 3 is 2.31 bits per heavy atom. The third kappa shape index (κ3) is 5.12. The van der Waals surface area contributed by atoms with Crippen LogP contribution in [0.1, 0.15) is 16.0 Å². The molecule has 0 aliphatic carbocycles. The van der Waals surface area contributed by atoms with Crippen LogP contribution in [0.4, 0.5) is 0 Å². The first-order valence-corrected chi connectivity index (χ1v) is 9.26. The molecule has 0 aliphatic heterocycles. The predicted molar refractivity (Wildman–Crippen MR) is 102 cm³/mol. The predicted octanol–water partition coefficient (Wildman–Crippen LogP) is 1.41. The lowest BCUT2D eigenvalue weighted by Gasteiger charge is -2.15. The third-order valence-corrected chi connectivity index (χ3v) is 5.13. The highest BCUT2D eigenvalue weighted by molar-refractivity contribution is 7.10. The quantitative estimate of drug-likeness (QED) is 0.692. The second kappa shape index (κ2) is 9.45. The van der Waals surface area contributed by atoms with E-state index in [-0.39, 0.29) is 5.91 Å². The topological polar surface area (TPSA) is 61.2 Å². The van der Waals surface area contributed by atoms with E-state index < -0.39 is 0 Å². The average Bonchev–Trinajstić information content (AvgIpc) is 3.03. The Bertz CT molecular complexity index is 720. The number of nitrogens with one attached hydrogen (secondary N) is 2. The summed E-state index contributed by atoms with van der Waals surface area (Å²) < 4.78 is 16.0. The van der Waals surface area contributed by atoms with E-state index in [1.165, 1.54) is 10.4 Å². The van der Waals surface area contributed by atoms with E-state index in [1.807, 2.05) is 19.2 Å². The van der Waals surface area contributed by atoms with E-state index >= 15 is 0 Å². The maximum atomic E-state index is 12.3. The van der Waals surface area contributed by atoms with Crippen LogP contribution in [-0.2, 0) is 17.9 Å². The van der Waals surface area contributed by atoms with Gasteiger partial charge in [0.15, 0.2) is 18.0 Å². The van der Waals surface area contributed by atoms with Crippen molar-refractivity contribution in [1.82, 2.24) is 5.32 Å². The molecule has 0 bridgehead atoms. The molecule has 7 heteroatoms. The molecule has 2 N–H and O–H groups in total. The molecule has 1 amide bonds. The Kier molecular flexibility index (Phi) is 7.29. The van der Waals surface area contributed by atoms with Crippen molar-refractivity contribution in [3.05, 3.63) is 39.6 Å². The molecule has 2 aromatic rings. The number of rotatable bonds is 9. The van der Waals surface area contributed by atoms with Crippen molar-refractivity contribution in [2.24, 2.45) is 0 Å². The van der Waals surface area contributed by atoms with Gasteiger partial charge in [-0.25, -0.2) is 0 Å². The minimum atomic E-state index is 0.00506. The monoisotopic (exact) mass is 379 g/mol. The maximum Gasteiger partial charge on any atom is 0.275 e. The molecule has 1 unspecified atom stereocenters. The van der Waals surface area contributed by atoms with Crippen molar-refractivity contribution in [2.45, 2.75) is 20.0 Å². The Labute approximate surface area is 158 Å². The largest absolute Gasteiger partial charge is 0.493 e. The SMILES string of the molecule is COc1cc(CNC(=O)C[NH+](C)Cc2sccc2C)cc(OC)c1OC. The number of hydrogen-bond donors (Lipinski definition) is 2. The average molecular weight is 380 g/mol. The Morgan fingerprint density at radius 1 is 1.15 bits per heavy atom. The summed E-state index contributed by atoms with van der Waals surface area (Å²) in [5.41, 5.74) is 2.17. The number of carbonyl (C=O) groups excluding carboxylic acids is 1. The zero-order chi connectivity index (χ0) is 19.1. The van der Waals surface area contributed by atoms with Crippen LogP contribution in [-0.4, -0.2) is 40.8 Å². The molecule has 0 aliphatic rings. The summed E-state index contributed by atoms with van der Waals surface area (Å²) in [5, 5.41) is 5.04. The molecule has 0 saturated heterocycles. The lowest BCUT2D eigenvalue weighted by atomic mass is 10.1. The van der Waals surface area contributed by atoms with Crippen LogP contribution in [0.25, 0.3) is 0 Å². The second-order valence-electron chi connectivity index (χ2n) is 6.15. The van der Waals surface area contributed by atoms with E-state index in [9.17, 15) is 4.79 Å². The number of methoxy groups -OCH3 is 3. The molecule has 1 heterocycles. The van der Waals surface area contributed by atoms with Gasteiger partial charge >= 0.3 is 0 Å². The number of amides is 1. The summed E-state index contributed by atoms with van der Waals surface area (Å²) in [7, 11) is 6.74. The van der Waals surface area contributed by atoms with Gasteiger partial charge in [0.25, 0.3) is 5.91 Å². The Hall–Kier alpha value is -2.25. The fourth-order valence-corrected chi connectivity index (χ4v) is 3.72. The van der Waals surface area contributed by atoms with Gasteiger partial charge in [-0.2, -0.15) is 0 Å². The number of hydrogen-bond acceptors (Lipinski definition) is 5. The van der Waals surface area contributed by atoms with Crippen LogP contribution in [0.3, 0.4) is 0 Å². The molecule has 0 radical (unpaired) electrons. The molecule has 6 nitrogen and oxygen atoms in total. The molecule has 2 rings (SSSR count). The van der Waals surface area contributed by atoms with Gasteiger partial charge in [-0.3, -0.25) is 4.79 Å². The van der Waals surface area contributed by atoms with Gasteiger partial charge in [-0.05, 0) is 41.6 Å². The third-order valence-electron chi connectivity index (χ3n) is 4.11. The molecule has 0 fully saturated rings. The summed E-state index contributed by atoms with van der Waals surface area (Å²) >= 11 is 1.73. The molecule has 1 aromatic carbocycles. The highest BCUT2D eigenvalue weighted by Gasteiger charge is 2.15. The molecule has 1 aromatic heterocycles. The number of quaternary nitrogens is 1. The van der Waals surface area contributed by atoms with Gasteiger partial charge in [0.1, 0.15) is 6.54 Å². The van der Waals surface area contributed by atoms with Gasteiger partial charge in [0, 0.05) is 6.54 Å². The first-order valence-electron chi connectivity index (χ1n) is 8.38. The zero-order valence-electron chi connectivity index (χ0n) is 16.0. The number of likely N-dealkylation sites (N-methyl/N-ethyl adjacent to an activating group) is 1. The number of ether oxygens (including phenoxy) is 3. The van der Waals surface area contributed by atoms with E-state index in [0.29, 0.717) is 30.3 Å². The first kappa shape index (κ1) is 20.1. The van der Waals surface area contributed by atoms with Gasteiger partial charge in [0.05, 0.1) is 33.3 Å². The van der Waals surface area contributed by atoms with Crippen molar-refractivity contribution in [3.8, 4) is 17.2 Å². The van der Waals surface area contributed by atoms with Crippen molar-refractivity contribution in [3.63, 3.8) is 0 Å². The van der Waals surface area contributed by atoms with Crippen molar-refractivity contribution in [2.75, 3.05) is 34.9 Å². The number of benzene rings is 1. The van der Waals surface area contributed by atoms with E-state index in [2.05, 4.69) is 23.7 Å². The molecular formula is C19H27N2O4S+. The van der Waals surface area contributed by atoms with Crippen LogP contribution < -0.4 is 24.4 Å². The molecule has 26 heavy (non-hydrogen) atoms. The van der Waals surface area contributed by atoms with Gasteiger partial charge in [-0.1, -0.05) is 0 Å². The highest BCUT2D eigenvalue weighted by Crippen LogP contribution is 2.38. The standard InChI is InChI=1S/C19H26N2O4S/c1-13-6-7-26-17(13)11-21(2)12-18(22)20-10-14-8-15(23-3)19(25-5)16(9-14)24-4/h6-9H,10-12H2,1-5H3,(H,20,22)/p+1. The summed E-state index contributed by atoms with van der Waals surface area (Å²) in [6, 6.07) is 5.79. The van der Waals surface area contributed by atoms with Crippen LogP contribution in [0, 0.1) is 6.92 Å². The van der Waals surface area contributed by atoms with Crippen molar-refractivity contribution >= 4 is 17.2 Å². The summed E-state index contributed by atoms with van der Waals surface area (Å²) in [5.74, 6) is 1.70. The Morgan fingerprint density at radius 2 is 1.81 bits per heavy atom. The van der Waals surface area contributed by atoms with Crippen LogP contribution in [0.15, 0.2) is 23.6 Å². The second-order valence-corrected chi connectivity index (χ2v) is 7.15. The number of thiophene rings is 1. The van der Waals surface area contributed by atoms with Crippen LogP contribution >= 0.6 is 11.3 Å². The lowest BCUT2D eigenvalue weighted by Crippen LogP contribution is -3.08.